The van der Waals surface area contributed by atoms with Gasteiger partial charge in [0.25, 0.3) is 5.69 Å². The highest BCUT2D eigenvalue weighted by Gasteiger charge is 2.44. The van der Waals surface area contributed by atoms with Crippen LogP contribution in [0.2, 0.25) is 0 Å². The molecule has 49 heavy (non-hydrogen) atoms. The van der Waals surface area contributed by atoms with E-state index in [9.17, 15) is 24.5 Å². The zero-order valence-electron chi connectivity index (χ0n) is 28.2. The van der Waals surface area contributed by atoms with Gasteiger partial charge in [-0.1, -0.05) is 47.6 Å². The highest BCUT2D eigenvalue weighted by Crippen LogP contribution is 2.42. The summed E-state index contributed by atoms with van der Waals surface area (Å²) >= 11 is 0. The molecule has 0 radical (unpaired) electrons. The van der Waals surface area contributed by atoms with Gasteiger partial charge in [-0.2, -0.15) is 0 Å². The van der Waals surface area contributed by atoms with Crippen molar-refractivity contribution < 1.29 is 28.8 Å². The van der Waals surface area contributed by atoms with E-state index >= 15 is 0 Å². The number of aliphatic imine (C=N–C) groups is 1. The number of hydrogen-bond acceptors (Lipinski definition) is 10. The zero-order valence-corrected chi connectivity index (χ0v) is 28.2. The molecule has 14 nitrogen and oxygen atoms in total. The summed E-state index contributed by atoms with van der Waals surface area (Å²) in [5.74, 6) is -1.72. The number of carbonyl (C=O) groups excluding carboxylic acids is 3. The monoisotopic (exact) mass is 673 g/mol. The van der Waals surface area contributed by atoms with Crippen molar-refractivity contribution in [2.24, 2.45) is 16.0 Å². The van der Waals surface area contributed by atoms with Gasteiger partial charge >= 0.3 is 5.97 Å². The Labute approximate surface area is 285 Å². The number of benzene rings is 2. The first-order chi connectivity index (χ1) is 23.7. The number of Topliss-reactive ketones (excluding diaryl/α,β-unsaturated/α-hetero) is 1. The van der Waals surface area contributed by atoms with E-state index in [1.807, 2.05) is 30.3 Å². The van der Waals surface area contributed by atoms with Crippen LogP contribution in [0, 0.1) is 16.0 Å². The molecule has 4 rings (SSSR count). The van der Waals surface area contributed by atoms with Crippen LogP contribution >= 0.6 is 0 Å². The molecule has 1 saturated heterocycles. The van der Waals surface area contributed by atoms with Crippen LogP contribution in [0.1, 0.15) is 56.6 Å². The lowest BCUT2D eigenvalue weighted by atomic mass is 9.72. The Morgan fingerprint density at radius 3 is 2.45 bits per heavy atom. The predicted molar refractivity (Wildman–Crippen MR) is 183 cm³/mol. The number of esters is 1. The van der Waals surface area contributed by atoms with Crippen LogP contribution in [0.15, 0.2) is 76.1 Å². The molecule has 0 spiro atoms. The topological polar surface area (TPSA) is 180 Å². The average Bonchev–Trinajstić information content (AvgIpc) is 3.11. The molecule has 0 aromatic heterocycles. The van der Waals surface area contributed by atoms with Crippen molar-refractivity contribution in [2.45, 2.75) is 50.9 Å². The maximum atomic E-state index is 13.1. The van der Waals surface area contributed by atoms with E-state index in [0.29, 0.717) is 74.5 Å². The molecule has 2 atom stereocenters. The summed E-state index contributed by atoms with van der Waals surface area (Å²) in [5, 5.41) is 14.9. The molecule has 2 aliphatic heterocycles. The van der Waals surface area contributed by atoms with Gasteiger partial charge < -0.3 is 19.3 Å². The van der Waals surface area contributed by atoms with Crippen LogP contribution in [0.5, 0.6) is 0 Å². The van der Waals surface area contributed by atoms with E-state index in [-0.39, 0.29) is 37.2 Å². The van der Waals surface area contributed by atoms with Crippen molar-refractivity contribution in [1.82, 2.24) is 9.80 Å². The Kier molecular flexibility index (Phi) is 13.2. The minimum absolute atomic E-state index is 0.0443. The van der Waals surface area contributed by atoms with Crippen LogP contribution in [-0.2, 0) is 29.3 Å². The van der Waals surface area contributed by atoms with Gasteiger partial charge in [-0.15, -0.1) is 0 Å². The maximum Gasteiger partial charge on any atom is 0.316 e. The first-order valence-electron chi connectivity index (χ1n) is 16.4. The lowest BCUT2D eigenvalue weighted by Crippen LogP contribution is -2.48. The average molecular weight is 674 g/mol. The van der Waals surface area contributed by atoms with Crippen LogP contribution in [0.4, 0.5) is 5.69 Å². The summed E-state index contributed by atoms with van der Waals surface area (Å²) in [5.41, 5.74) is 10.9. The largest absolute Gasteiger partial charge is 0.468 e. The number of amides is 1. The van der Waals surface area contributed by atoms with Crippen LogP contribution in [0.3, 0.4) is 0 Å². The Balaban J connectivity index is 1.57. The number of azide groups is 1. The second-order valence-electron chi connectivity index (χ2n) is 12.3. The van der Waals surface area contributed by atoms with E-state index < -0.39 is 22.2 Å². The van der Waals surface area contributed by atoms with Gasteiger partial charge in [0.1, 0.15) is 5.78 Å². The SMILES string of the molecule is COC(=O)C1(c2ccccc2)CCN(CCCN(C=O)C2=C(COCCCN=[N+]=[N-])N=C(C)C(C(C)=O)C2c2ccc([N+](=O)[O-])cc2)CC1. The number of piperidine rings is 1. The van der Waals surface area contributed by atoms with Crippen molar-refractivity contribution in [3.8, 4) is 0 Å². The smallest absolute Gasteiger partial charge is 0.316 e. The molecule has 260 valence electrons. The number of non-ortho nitro benzene ring substituents is 1. The summed E-state index contributed by atoms with van der Waals surface area (Å²) in [6.45, 7) is 6.16. The van der Waals surface area contributed by atoms with Gasteiger partial charge in [-0.05, 0) is 75.8 Å². The molecule has 0 saturated carbocycles. The van der Waals surface area contributed by atoms with Crippen LogP contribution in [0.25, 0.3) is 10.4 Å². The van der Waals surface area contributed by atoms with Gasteiger partial charge in [-0.3, -0.25) is 29.5 Å². The summed E-state index contributed by atoms with van der Waals surface area (Å²) < 4.78 is 11.1. The van der Waals surface area contributed by atoms with E-state index in [1.54, 1.807) is 24.0 Å². The van der Waals surface area contributed by atoms with Crippen molar-refractivity contribution in [1.29, 1.82) is 0 Å². The quantitative estimate of drug-likeness (QED) is 0.0315. The molecule has 1 amide bonds. The first-order valence-corrected chi connectivity index (χ1v) is 16.4. The summed E-state index contributed by atoms with van der Waals surface area (Å²) in [7, 11) is 1.42. The Morgan fingerprint density at radius 2 is 1.86 bits per heavy atom. The molecule has 2 heterocycles. The standard InChI is InChI=1S/C35H43N7O7/c1-25-31(26(2)44)32(27-11-13-29(14-12-27)42(46)47)33(30(38-25)23-49-22-7-17-37-39-36)41(24-43)19-8-18-40-20-15-35(16-21-40,34(45)48-3)28-9-5-4-6-10-28/h4-6,9-14,24,31-32H,7-8,15-23H2,1-3H3. The van der Waals surface area contributed by atoms with Gasteiger partial charge in [0.2, 0.25) is 6.41 Å². The number of allylic oxidation sites excluding steroid dienone is 1. The van der Waals surface area contributed by atoms with Gasteiger partial charge in [-0.25, -0.2) is 0 Å². The molecule has 0 bridgehead atoms. The van der Waals surface area contributed by atoms with Crippen molar-refractivity contribution in [3.05, 3.63) is 97.7 Å². The van der Waals surface area contributed by atoms with Gasteiger partial charge in [0, 0.05) is 48.4 Å². The molecule has 0 aliphatic carbocycles. The van der Waals surface area contributed by atoms with E-state index in [0.717, 1.165) is 12.0 Å². The van der Waals surface area contributed by atoms with E-state index in [2.05, 4.69) is 14.9 Å². The minimum Gasteiger partial charge on any atom is -0.468 e. The van der Waals surface area contributed by atoms with Crippen molar-refractivity contribution in [2.75, 3.05) is 53.0 Å². The van der Waals surface area contributed by atoms with Crippen molar-refractivity contribution in [3.63, 3.8) is 0 Å². The second-order valence-corrected chi connectivity index (χ2v) is 12.3. The zero-order chi connectivity index (χ0) is 35.4. The maximum absolute atomic E-state index is 13.1. The first kappa shape index (κ1) is 36.9. The van der Waals surface area contributed by atoms with Gasteiger partial charge in [0.15, 0.2) is 0 Å². The predicted octanol–water partition coefficient (Wildman–Crippen LogP) is 5.34. The normalized spacial score (nSPS) is 19.0. The van der Waals surface area contributed by atoms with Crippen molar-refractivity contribution >= 4 is 29.6 Å². The summed E-state index contributed by atoms with van der Waals surface area (Å²) in [4.78, 5) is 61.2. The third kappa shape index (κ3) is 8.77. The Hall–Kier alpha value is -4.91. The van der Waals surface area contributed by atoms with Crippen LogP contribution in [-0.4, -0.2) is 91.6 Å². The third-order valence-corrected chi connectivity index (χ3v) is 9.36. The van der Waals surface area contributed by atoms with Crippen LogP contribution < -0.4 is 0 Å². The van der Waals surface area contributed by atoms with E-state index in [1.165, 1.54) is 26.2 Å². The highest BCUT2D eigenvalue weighted by atomic mass is 16.6. The van der Waals surface area contributed by atoms with E-state index in [4.69, 9.17) is 20.0 Å². The molecular weight excluding hydrogens is 630 g/mol. The number of hydrogen-bond donors (Lipinski definition) is 0. The lowest BCUT2D eigenvalue weighted by Gasteiger charge is -2.40. The fourth-order valence-corrected chi connectivity index (χ4v) is 6.92. The summed E-state index contributed by atoms with van der Waals surface area (Å²) in [6.07, 6.45) is 3.02. The molecule has 14 heteroatoms. The second kappa shape index (κ2) is 17.5. The summed E-state index contributed by atoms with van der Waals surface area (Å²) in [6, 6.07) is 15.7. The molecule has 2 aromatic carbocycles. The highest BCUT2D eigenvalue weighted by molar-refractivity contribution is 6.05. The molecule has 0 N–H and O–H groups in total. The molecule has 2 aromatic rings. The number of nitro benzene ring substituents is 1. The Morgan fingerprint density at radius 1 is 1.16 bits per heavy atom. The number of rotatable bonds is 17. The lowest BCUT2D eigenvalue weighted by molar-refractivity contribution is -0.384. The Bertz CT molecular complexity index is 1600. The number of carbonyl (C=O) groups is 3. The number of ether oxygens (including phenoxy) is 2. The molecule has 2 aliphatic rings. The minimum atomic E-state index is -0.709. The molecule has 1 fully saturated rings. The fourth-order valence-electron chi connectivity index (χ4n) is 6.92. The number of ketones is 1. The van der Waals surface area contributed by atoms with Gasteiger partial charge in [0.05, 0.1) is 41.4 Å². The molecular formula is C35H43N7O7. The number of nitro groups is 1. The third-order valence-electron chi connectivity index (χ3n) is 9.36. The number of methoxy groups -OCH3 is 1. The number of nitrogens with zero attached hydrogens (tertiary/aromatic N) is 7. The number of likely N-dealkylation sites (tertiary alicyclic amines) is 1. The molecule has 2 unspecified atom stereocenters. The fraction of sp³-hybridized carbons (Fsp3) is 0.486.